The van der Waals surface area contributed by atoms with Crippen molar-refractivity contribution in [3.63, 3.8) is 0 Å². The number of aromatic nitrogens is 2. The van der Waals surface area contributed by atoms with Crippen molar-refractivity contribution >= 4 is 16.0 Å². The molecule has 0 radical (unpaired) electrons. The Labute approximate surface area is 161 Å². The largest absolute Gasteiger partial charge is 0.459 e. The van der Waals surface area contributed by atoms with Gasteiger partial charge in [-0.3, -0.25) is 0 Å². The highest BCUT2D eigenvalue weighted by Crippen LogP contribution is 2.22. The van der Waals surface area contributed by atoms with Gasteiger partial charge in [0.15, 0.2) is 12.4 Å². The molecule has 1 aliphatic rings. The quantitative estimate of drug-likeness (QED) is 0.576. The SMILES string of the molecule is O=C(OCc1nnc(-c2ccco2)o1)c1cccc(S(=O)(=O)N2CCCC2)c1. The fourth-order valence-corrected chi connectivity index (χ4v) is 4.45. The number of ether oxygens (including phenoxy) is 1. The highest BCUT2D eigenvalue weighted by molar-refractivity contribution is 7.89. The van der Waals surface area contributed by atoms with Gasteiger partial charge in [0.05, 0.1) is 16.7 Å². The monoisotopic (exact) mass is 403 g/mol. The van der Waals surface area contributed by atoms with Crippen LogP contribution < -0.4 is 0 Å². The number of carbonyl (C=O) groups excluding carboxylic acids is 1. The number of carbonyl (C=O) groups is 1. The van der Waals surface area contributed by atoms with Crippen molar-refractivity contribution in [1.82, 2.24) is 14.5 Å². The standard InChI is InChI=1S/C18H17N3O6S/c22-18(26-12-16-19-20-17(27-16)15-7-4-10-25-15)13-5-3-6-14(11-13)28(23,24)21-8-1-2-9-21/h3-7,10-11H,1-2,8-9,12H2. The Balaban J connectivity index is 1.44. The fourth-order valence-electron chi connectivity index (χ4n) is 2.88. The number of nitrogens with zero attached hydrogens (tertiary/aromatic N) is 3. The molecule has 146 valence electrons. The zero-order valence-corrected chi connectivity index (χ0v) is 15.6. The van der Waals surface area contributed by atoms with Gasteiger partial charge in [-0.25, -0.2) is 13.2 Å². The topological polar surface area (TPSA) is 116 Å². The molecule has 0 bridgehead atoms. The van der Waals surface area contributed by atoms with Crippen LogP contribution in [0.25, 0.3) is 11.7 Å². The van der Waals surface area contributed by atoms with E-state index in [2.05, 4.69) is 10.2 Å². The van der Waals surface area contributed by atoms with Crippen molar-refractivity contribution < 1.29 is 26.8 Å². The second-order valence-electron chi connectivity index (χ2n) is 6.19. The van der Waals surface area contributed by atoms with E-state index >= 15 is 0 Å². The zero-order valence-electron chi connectivity index (χ0n) is 14.8. The van der Waals surface area contributed by atoms with E-state index in [1.165, 1.54) is 34.8 Å². The van der Waals surface area contributed by atoms with Gasteiger partial charge in [0.25, 0.3) is 11.8 Å². The molecule has 9 nitrogen and oxygen atoms in total. The van der Waals surface area contributed by atoms with Crippen LogP contribution in [0.5, 0.6) is 0 Å². The second kappa shape index (κ2) is 7.56. The lowest BCUT2D eigenvalue weighted by molar-refractivity contribution is 0.0438. The Morgan fingerprint density at radius 3 is 2.71 bits per heavy atom. The van der Waals surface area contributed by atoms with E-state index in [4.69, 9.17) is 13.6 Å². The lowest BCUT2D eigenvalue weighted by atomic mass is 10.2. The first-order valence-electron chi connectivity index (χ1n) is 8.67. The first kappa shape index (κ1) is 18.4. The average molecular weight is 403 g/mol. The normalized spacial score (nSPS) is 15.0. The molecule has 3 heterocycles. The van der Waals surface area contributed by atoms with E-state index < -0.39 is 16.0 Å². The molecule has 0 aliphatic carbocycles. The van der Waals surface area contributed by atoms with Crippen LogP contribution in [-0.4, -0.2) is 42.0 Å². The van der Waals surface area contributed by atoms with Gasteiger partial charge in [0.2, 0.25) is 10.0 Å². The molecule has 3 aromatic rings. The van der Waals surface area contributed by atoms with E-state index in [1.807, 2.05) is 0 Å². The summed E-state index contributed by atoms with van der Waals surface area (Å²) >= 11 is 0. The molecule has 10 heteroatoms. The highest BCUT2D eigenvalue weighted by atomic mass is 32.2. The lowest BCUT2D eigenvalue weighted by Crippen LogP contribution is -2.28. The highest BCUT2D eigenvalue weighted by Gasteiger charge is 2.27. The number of sulfonamides is 1. The van der Waals surface area contributed by atoms with E-state index in [-0.39, 0.29) is 28.8 Å². The van der Waals surface area contributed by atoms with Crippen LogP contribution >= 0.6 is 0 Å². The maximum absolute atomic E-state index is 12.6. The summed E-state index contributed by atoms with van der Waals surface area (Å²) < 4.78 is 42.4. The summed E-state index contributed by atoms with van der Waals surface area (Å²) in [5.41, 5.74) is 0.131. The number of hydrogen-bond acceptors (Lipinski definition) is 8. The minimum atomic E-state index is -3.61. The molecular formula is C18H17N3O6S. The average Bonchev–Trinajstić information content (AvgIpc) is 3.48. The van der Waals surface area contributed by atoms with Gasteiger partial charge >= 0.3 is 5.97 Å². The number of rotatable bonds is 6. The summed E-state index contributed by atoms with van der Waals surface area (Å²) in [6.07, 6.45) is 3.15. The van der Waals surface area contributed by atoms with Crippen molar-refractivity contribution in [2.24, 2.45) is 0 Å². The second-order valence-corrected chi connectivity index (χ2v) is 8.13. The molecule has 0 unspecified atom stereocenters. The molecule has 1 aromatic carbocycles. The predicted octanol–water partition coefficient (Wildman–Crippen LogP) is 2.47. The van der Waals surface area contributed by atoms with Crippen LogP contribution in [0.15, 0.2) is 56.4 Å². The summed E-state index contributed by atoms with van der Waals surface area (Å²) in [4.78, 5) is 12.4. The maximum atomic E-state index is 12.6. The van der Waals surface area contributed by atoms with Gasteiger partial charge < -0.3 is 13.6 Å². The van der Waals surface area contributed by atoms with Gasteiger partial charge in [-0.05, 0) is 43.2 Å². The summed E-state index contributed by atoms with van der Waals surface area (Å²) in [5.74, 6) is -0.00327. The van der Waals surface area contributed by atoms with Gasteiger partial charge in [-0.2, -0.15) is 4.31 Å². The molecule has 28 heavy (non-hydrogen) atoms. The Morgan fingerprint density at radius 1 is 1.14 bits per heavy atom. The first-order valence-corrected chi connectivity index (χ1v) is 10.1. The molecule has 0 amide bonds. The van der Waals surface area contributed by atoms with Gasteiger partial charge in [-0.15, -0.1) is 10.2 Å². The molecule has 2 aromatic heterocycles. The lowest BCUT2D eigenvalue weighted by Gasteiger charge is -2.15. The van der Waals surface area contributed by atoms with E-state index in [0.29, 0.717) is 18.8 Å². The van der Waals surface area contributed by atoms with Crippen LogP contribution in [0.1, 0.15) is 29.1 Å². The smallest absolute Gasteiger partial charge is 0.338 e. The van der Waals surface area contributed by atoms with Gasteiger partial charge in [0.1, 0.15) is 0 Å². The first-order chi connectivity index (χ1) is 13.5. The van der Waals surface area contributed by atoms with Crippen molar-refractivity contribution in [2.45, 2.75) is 24.3 Å². The Bertz CT molecular complexity index is 1070. The van der Waals surface area contributed by atoms with E-state index in [1.54, 1.807) is 12.1 Å². The number of hydrogen-bond donors (Lipinski definition) is 0. The molecule has 0 saturated carbocycles. The Morgan fingerprint density at radius 2 is 1.96 bits per heavy atom. The minimum absolute atomic E-state index is 0.0711. The molecule has 1 aliphatic heterocycles. The number of benzene rings is 1. The van der Waals surface area contributed by atoms with Crippen molar-refractivity contribution in [3.8, 4) is 11.7 Å². The molecule has 4 rings (SSSR count). The molecule has 0 spiro atoms. The fraction of sp³-hybridized carbons (Fsp3) is 0.278. The minimum Gasteiger partial charge on any atom is -0.459 e. The molecule has 0 N–H and O–H groups in total. The van der Waals surface area contributed by atoms with E-state index in [9.17, 15) is 13.2 Å². The van der Waals surface area contributed by atoms with Crippen molar-refractivity contribution in [1.29, 1.82) is 0 Å². The third kappa shape index (κ3) is 3.69. The van der Waals surface area contributed by atoms with Crippen LogP contribution in [0.2, 0.25) is 0 Å². The maximum Gasteiger partial charge on any atom is 0.338 e. The molecular weight excluding hydrogens is 386 g/mol. The zero-order chi connectivity index (χ0) is 19.6. The summed E-state index contributed by atoms with van der Waals surface area (Å²) in [7, 11) is -3.61. The van der Waals surface area contributed by atoms with Crippen LogP contribution in [0, 0.1) is 0 Å². The third-order valence-corrected chi connectivity index (χ3v) is 6.19. The van der Waals surface area contributed by atoms with Crippen LogP contribution in [0.3, 0.4) is 0 Å². The van der Waals surface area contributed by atoms with Crippen molar-refractivity contribution in [2.75, 3.05) is 13.1 Å². The summed E-state index contributed by atoms with van der Waals surface area (Å²) in [6, 6.07) is 9.14. The molecule has 0 atom stereocenters. The summed E-state index contributed by atoms with van der Waals surface area (Å²) in [6.45, 7) is 0.744. The Hall–Kier alpha value is -2.98. The van der Waals surface area contributed by atoms with Crippen molar-refractivity contribution in [3.05, 3.63) is 54.1 Å². The molecule has 1 fully saturated rings. The Kier molecular flexibility index (Phi) is 4.97. The third-order valence-electron chi connectivity index (χ3n) is 4.30. The number of furan rings is 1. The molecule has 1 saturated heterocycles. The predicted molar refractivity (Wildman–Crippen MR) is 95.6 cm³/mol. The summed E-state index contributed by atoms with van der Waals surface area (Å²) in [5, 5.41) is 7.60. The van der Waals surface area contributed by atoms with Gasteiger partial charge in [0, 0.05) is 13.1 Å². The van der Waals surface area contributed by atoms with Gasteiger partial charge in [-0.1, -0.05) is 6.07 Å². The number of esters is 1. The van der Waals surface area contributed by atoms with Crippen LogP contribution in [0.4, 0.5) is 0 Å². The van der Waals surface area contributed by atoms with Crippen LogP contribution in [-0.2, 0) is 21.4 Å². The van der Waals surface area contributed by atoms with E-state index in [0.717, 1.165) is 12.8 Å².